The minimum absolute atomic E-state index is 0.100. The molecule has 0 radical (unpaired) electrons. The first kappa shape index (κ1) is 18.6. The highest BCUT2D eigenvalue weighted by Gasteiger charge is 2.28. The van der Waals surface area contributed by atoms with E-state index in [4.69, 9.17) is 0 Å². The number of tetrazole rings is 1. The molecule has 1 saturated carbocycles. The summed E-state index contributed by atoms with van der Waals surface area (Å²) in [5, 5.41) is 19.7. The van der Waals surface area contributed by atoms with E-state index in [2.05, 4.69) is 25.9 Å². The van der Waals surface area contributed by atoms with Crippen LogP contribution in [0.25, 0.3) is 5.69 Å². The zero-order valence-corrected chi connectivity index (χ0v) is 16.4. The van der Waals surface area contributed by atoms with Crippen molar-refractivity contribution in [2.45, 2.75) is 43.9 Å². The van der Waals surface area contributed by atoms with Crippen LogP contribution in [0.3, 0.4) is 0 Å². The summed E-state index contributed by atoms with van der Waals surface area (Å²) in [6.07, 6.45) is 3.89. The molecule has 146 valence electrons. The monoisotopic (exact) mass is 401 g/mol. The molecule has 2 aromatic heterocycles. The molecular formula is C18H20FN7OS. The Morgan fingerprint density at radius 2 is 2.11 bits per heavy atom. The van der Waals surface area contributed by atoms with Gasteiger partial charge in [0.2, 0.25) is 11.1 Å². The predicted octanol–water partition coefficient (Wildman–Crippen LogP) is 2.61. The van der Waals surface area contributed by atoms with Crippen LogP contribution < -0.4 is 5.32 Å². The normalized spacial score (nSPS) is 14.8. The van der Waals surface area contributed by atoms with E-state index in [9.17, 15) is 9.18 Å². The molecular weight excluding hydrogens is 381 g/mol. The number of nitrogens with one attached hydrogen (secondary N) is 1. The molecule has 8 nitrogen and oxygen atoms in total. The largest absolute Gasteiger partial charge is 0.349 e. The third-order valence-electron chi connectivity index (χ3n) is 4.65. The Morgan fingerprint density at radius 1 is 1.36 bits per heavy atom. The summed E-state index contributed by atoms with van der Waals surface area (Å²) in [4.78, 5) is 12.4. The molecule has 10 heteroatoms. The van der Waals surface area contributed by atoms with Gasteiger partial charge in [0.15, 0.2) is 0 Å². The molecule has 0 saturated heterocycles. The third kappa shape index (κ3) is 3.91. The SMILES string of the molecule is Cc1c([C@@H](C)NC(=O)CSc2nnnn2C2CC2)cnn1-c1ccc(F)cc1. The zero-order valence-electron chi connectivity index (χ0n) is 15.5. The number of benzene rings is 1. The molecule has 1 atom stereocenters. The van der Waals surface area contributed by atoms with Gasteiger partial charge in [-0.1, -0.05) is 11.8 Å². The standard InChI is InChI=1S/C18H20FN7OS/c1-11(16-9-20-25(12(16)2)14-5-3-13(19)4-6-14)21-17(27)10-28-18-22-23-24-26(18)15-7-8-15/h3-6,9,11,15H,7-8,10H2,1-2H3,(H,21,27)/t11-/m1/s1. The van der Waals surface area contributed by atoms with Crippen LogP contribution in [0.4, 0.5) is 4.39 Å². The number of hydrogen-bond donors (Lipinski definition) is 1. The highest BCUT2D eigenvalue weighted by molar-refractivity contribution is 7.99. The minimum atomic E-state index is -0.292. The van der Waals surface area contributed by atoms with E-state index in [1.807, 2.05) is 13.8 Å². The molecule has 1 aliphatic carbocycles. The van der Waals surface area contributed by atoms with Crippen LogP contribution >= 0.6 is 11.8 Å². The van der Waals surface area contributed by atoms with E-state index in [1.54, 1.807) is 27.7 Å². The van der Waals surface area contributed by atoms with Gasteiger partial charge in [0.25, 0.3) is 0 Å². The van der Waals surface area contributed by atoms with Crippen molar-refractivity contribution in [1.29, 1.82) is 0 Å². The lowest BCUT2D eigenvalue weighted by Crippen LogP contribution is -2.28. The lowest BCUT2D eigenvalue weighted by Gasteiger charge is -2.14. The topological polar surface area (TPSA) is 90.5 Å². The Balaban J connectivity index is 1.38. The second-order valence-electron chi connectivity index (χ2n) is 6.79. The zero-order chi connectivity index (χ0) is 19.7. The summed E-state index contributed by atoms with van der Waals surface area (Å²) in [6, 6.07) is 6.30. The number of aromatic nitrogens is 6. The summed E-state index contributed by atoms with van der Waals surface area (Å²) in [7, 11) is 0. The van der Waals surface area contributed by atoms with Crippen molar-refractivity contribution in [1.82, 2.24) is 35.3 Å². The molecule has 1 fully saturated rings. The quantitative estimate of drug-likeness (QED) is 0.612. The molecule has 1 amide bonds. The van der Waals surface area contributed by atoms with Crippen LogP contribution in [0.15, 0.2) is 35.6 Å². The van der Waals surface area contributed by atoms with Crippen molar-refractivity contribution in [2.75, 3.05) is 5.75 Å². The number of nitrogens with zero attached hydrogens (tertiary/aromatic N) is 6. The van der Waals surface area contributed by atoms with Crippen LogP contribution in [-0.2, 0) is 4.79 Å². The molecule has 2 heterocycles. The maximum Gasteiger partial charge on any atom is 0.230 e. The van der Waals surface area contributed by atoms with E-state index >= 15 is 0 Å². The van der Waals surface area contributed by atoms with Gasteiger partial charge in [0.05, 0.1) is 29.7 Å². The highest BCUT2D eigenvalue weighted by Crippen LogP contribution is 2.36. The Kier molecular flexibility index (Phi) is 5.12. The molecule has 0 aliphatic heterocycles. The third-order valence-corrected chi connectivity index (χ3v) is 5.58. The van der Waals surface area contributed by atoms with Crippen molar-refractivity contribution < 1.29 is 9.18 Å². The fourth-order valence-corrected chi connectivity index (χ4v) is 3.77. The Hall–Kier alpha value is -2.75. The number of amides is 1. The maximum atomic E-state index is 13.1. The van der Waals surface area contributed by atoms with Crippen molar-refractivity contribution in [3.05, 3.63) is 47.5 Å². The van der Waals surface area contributed by atoms with Gasteiger partial charge in [-0.05, 0) is 61.4 Å². The number of rotatable bonds is 7. The first-order chi connectivity index (χ1) is 13.5. The van der Waals surface area contributed by atoms with Crippen molar-refractivity contribution in [3.8, 4) is 5.69 Å². The van der Waals surface area contributed by atoms with Gasteiger partial charge in [-0.25, -0.2) is 13.8 Å². The van der Waals surface area contributed by atoms with Crippen molar-refractivity contribution in [2.24, 2.45) is 0 Å². The van der Waals surface area contributed by atoms with E-state index < -0.39 is 0 Å². The van der Waals surface area contributed by atoms with E-state index in [0.717, 1.165) is 29.8 Å². The number of carbonyl (C=O) groups is 1. The van der Waals surface area contributed by atoms with Crippen LogP contribution in [0.2, 0.25) is 0 Å². The van der Waals surface area contributed by atoms with Crippen LogP contribution in [0.5, 0.6) is 0 Å². The number of halogens is 1. The van der Waals surface area contributed by atoms with E-state index in [-0.39, 0.29) is 23.5 Å². The second-order valence-corrected chi connectivity index (χ2v) is 7.73. The number of carbonyl (C=O) groups excluding carboxylic acids is 1. The number of hydrogen-bond acceptors (Lipinski definition) is 6. The van der Waals surface area contributed by atoms with E-state index in [0.29, 0.717) is 11.2 Å². The molecule has 0 unspecified atom stereocenters. The van der Waals surface area contributed by atoms with Crippen LogP contribution in [-0.4, -0.2) is 41.6 Å². The van der Waals surface area contributed by atoms with Gasteiger partial charge < -0.3 is 5.32 Å². The molecule has 0 spiro atoms. The molecule has 1 aromatic carbocycles. The fourth-order valence-electron chi connectivity index (χ4n) is 3.01. The molecule has 1 aliphatic rings. The lowest BCUT2D eigenvalue weighted by molar-refractivity contribution is -0.119. The molecule has 4 rings (SSSR count). The first-order valence-corrected chi connectivity index (χ1v) is 10.0. The van der Waals surface area contributed by atoms with Gasteiger partial charge in [0.1, 0.15) is 5.82 Å². The summed E-state index contributed by atoms with van der Waals surface area (Å²) in [6.45, 7) is 3.84. The van der Waals surface area contributed by atoms with E-state index in [1.165, 1.54) is 23.9 Å². The van der Waals surface area contributed by atoms with Gasteiger partial charge in [0, 0.05) is 11.3 Å². The summed E-state index contributed by atoms with van der Waals surface area (Å²) in [5.41, 5.74) is 2.57. The maximum absolute atomic E-state index is 13.1. The minimum Gasteiger partial charge on any atom is -0.349 e. The fraction of sp³-hybridized carbons (Fsp3) is 0.389. The Morgan fingerprint density at radius 3 is 2.82 bits per heavy atom. The van der Waals surface area contributed by atoms with Crippen LogP contribution in [0, 0.1) is 12.7 Å². The molecule has 0 bridgehead atoms. The van der Waals surface area contributed by atoms with Gasteiger partial charge >= 0.3 is 0 Å². The second kappa shape index (κ2) is 7.70. The summed E-state index contributed by atoms with van der Waals surface area (Å²) >= 11 is 1.33. The number of thioether (sulfide) groups is 1. The van der Waals surface area contributed by atoms with Gasteiger partial charge in [-0.3, -0.25) is 4.79 Å². The molecule has 1 N–H and O–H groups in total. The Bertz CT molecular complexity index is 980. The highest BCUT2D eigenvalue weighted by atomic mass is 32.2. The van der Waals surface area contributed by atoms with Crippen LogP contribution in [0.1, 0.15) is 43.1 Å². The first-order valence-electron chi connectivity index (χ1n) is 9.03. The van der Waals surface area contributed by atoms with Gasteiger partial charge in [-0.2, -0.15) is 5.10 Å². The average molecular weight is 401 g/mol. The Labute approximate surface area is 165 Å². The summed E-state index contributed by atoms with van der Waals surface area (Å²) < 4.78 is 16.7. The lowest BCUT2D eigenvalue weighted by atomic mass is 10.1. The van der Waals surface area contributed by atoms with Crippen molar-refractivity contribution in [3.63, 3.8) is 0 Å². The molecule has 3 aromatic rings. The average Bonchev–Trinajstić information content (AvgIpc) is 3.28. The van der Waals surface area contributed by atoms with Gasteiger partial charge in [-0.15, -0.1) is 5.10 Å². The van der Waals surface area contributed by atoms with Crippen molar-refractivity contribution >= 4 is 17.7 Å². The summed E-state index contributed by atoms with van der Waals surface area (Å²) in [5.74, 6) is -0.154. The predicted molar refractivity (Wildman–Crippen MR) is 102 cm³/mol. The molecule has 28 heavy (non-hydrogen) atoms. The smallest absolute Gasteiger partial charge is 0.230 e.